The molecule has 1 N–H and O–H groups in total. The van der Waals surface area contributed by atoms with Gasteiger partial charge in [-0.25, -0.2) is 0 Å². The van der Waals surface area contributed by atoms with E-state index in [-0.39, 0.29) is 18.1 Å². The van der Waals surface area contributed by atoms with E-state index in [2.05, 4.69) is 18.8 Å². The second-order valence-corrected chi connectivity index (χ2v) is 8.69. The summed E-state index contributed by atoms with van der Waals surface area (Å²) in [4.78, 5) is 32.2. The SMILES string of the molecule is CC(C)COc1ccc(/C(O)=C2\C(=O)C(=O)N(c3ccc4c(c3)OCO4)C2c2ccccn2)cc1. The standard InChI is InChI=1S/C27H24N2O6/c1-16(2)14-33-19-9-6-17(7-10-19)25(30)23-24(20-5-3-4-12-28-20)29(27(32)26(23)31)18-8-11-21-22(13-18)35-15-34-21/h3-13,16,24,30H,14-15H2,1-2H3/b25-23+. The molecule has 0 saturated carbocycles. The maximum Gasteiger partial charge on any atom is 0.300 e. The number of ether oxygens (including phenoxy) is 3. The van der Waals surface area contributed by atoms with E-state index in [4.69, 9.17) is 14.2 Å². The Bertz CT molecular complexity index is 1300. The maximum atomic E-state index is 13.3. The first-order valence-electron chi connectivity index (χ1n) is 11.3. The van der Waals surface area contributed by atoms with E-state index in [1.54, 1.807) is 66.9 Å². The Morgan fingerprint density at radius 3 is 2.57 bits per heavy atom. The number of hydrogen-bond acceptors (Lipinski definition) is 7. The number of carbonyl (C=O) groups is 2. The number of hydrogen-bond donors (Lipinski definition) is 1. The number of aliphatic hydroxyl groups is 1. The highest BCUT2D eigenvalue weighted by Gasteiger charge is 2.47. The van der Waals surface area contributed by atoms with E-state index in [1.165, 1.54) is 4.90 Å². The van der Waals surface area contributed by atoms with E-state index in [0.717, 1.165) is 0 Å². The van der Waals surface area contributed by atoms with Crippen LogP contribution in [0.1, 0.15) is 31.1 Å². The van der Waals surface area contributed by atoms with Gasteiger partial charge in [0.2, 0.25) is 6.79 Å². The zero-order valence-electron chi connectivity index (χ0n) is 19.3. The molecule has 2 aliphatic rings. The third kappa shape index (κ3) is 4.19. The number of benzene rings is 2. The number of amides is 1. The normalized spacial score (nSPS) is 18.4. The average Bonchev–Trinajstić information content (AvgIpc) is 3.45. The van der Waals surface area contributed by atoms with Crippen LogP contribution in [0.5, 0.6) is 17.2 Å². The number of nitrogens with zero attached hydrogens (tertiary/aromatic N) is 2. The molecule has 2 aliphatic heterocycles. The van der Waals surface area contributed by atoms with Gasteiger partial charge in [-0.2, -0.15) is 0 Å². The summed E-state index contributed by atoms with van der Waals surface area (Å²) >= 11 is 0. The molecule has 1 atom stereocenters. The van der Waals surface area contributed by atoms with Gasteiger partial charge in [0, 0.05) is 23.5 Å². The molecule has 8 heteroatoms. The smallest absolute Gasteiger partial charge is 0.300 e. The highest BCUT2D eigenvalue weighted by molar-refractivity contribution is 6.51. The Hall–Kier alpha value is -4.33. The van der Waals surface area contributed by atoms with Gasteiger partial charge in [-0.1, -0.05) is 19.9 Å². The molecular formula is C27H24N2O6. The number of rotatable bonds is 6. The van der Waals surface area contributed by atoms with Crippen LogP contribution in [0, 0.1) is 5.92 Å². The molecule has 0 radical (unpaired) electrons. The van der Waals surface area contributed by atoms with Gasteiger partial charge in [0.15, 0.2) is 11.5 Å². The number of carbonyl (C=O) groups excluding carboxylic acids is 2. The molecule has 1 amide bonds. The van der Waals surface area contributed by atoms with Crippen molar-refractivity contribution in [1.82, 2.24) is 4.98 Å². The summed E-state index contributed by atoms with van der Waals surface area (Å²) in [6.07, 6.45) is 1.58. The first kappa shape index (κ1) is 22.5. The van der Waals surface area contributed by atoms with Crippen LogP contribution >= 0.6 is 0 Å². The molecular weight excluding hydrogens is 448 g/mol. The first-order chi connectivity index (χ1) is 16.9. The average molecular weight is 472 g/mol. The second kappa shape index (κ2) is 9.13. The molecule has 3 heterocycles. The summed E-state index contributed by atoms with van der Waals surface area (Å²) in [5.74, 6) is 0.207. The lowest BCUT2D eigenvalue weighted by atomic mass is 9.98. The minimum absolute atomic E-state index is 0.0396. The summed E-state index contributed by atoms with van der Waals surface area (Å²) in [5, 5.41) is 11.2. The molecule has 0 bridgehead atoms. The van der Waals surface area contributed by atoms with E-state index in [1.807, 2.05) is 0 Å². The minimum atomic E-state index is -0.923. The summed E-state index contributed by atoms with van der Waals surface area (Å²) < 4.78 is 16.5. The van der Waals surface area contributed by atoms with Gasteiger partial charge in [0.1, 0.15) is 17.6 Å². The van der Waals surface area contributed by atoms with Crippen LogP contribution in [0.2, 0.25) is 0 Å². The summed E-state index contributed by atoms with van der Waals surface area (Å²) in [7, 11) is 0. The van der Waals surface area contributed by atoms with Crippen LogP contribution in [-0.2, 0) is 9.59 Å². The van der Waals surface area contributed by atoms with Crippen LogP contribution in [0.3, 0.4) is 0 Å². The molecule has 5 rings (SSSR count). The number of pyridine rings is 1. The number of ketones is 1. The van der Waals surface area contributed by atoms with Crippen molar-refractivity contribution in [1.29, 1.82) is 0 Å². The molecule has 8 nitrogen and oxygen atoms in total. The Balaban J connectivity index is 1.58. The number of aliphatic hydroxyl groups excluding tert-OH is 1. The third-order valence-electron chi connectivity index (χ3n) is 5.76. The molecule has 2 aromatic carbocycles. The summed E-state index contributed by atoms with van der Waals surface area (Å²) in [6.45, 7) is 4.75. The Morgan fingerprint density at radius 1 is 1.09 bits per heavy atom. The fourth-order valence-corrected chi connectivity index (χ4v) is 4.08. The van der Waals surface area contributed by atoms with Crippen molar-refractivity contribution in [2.24, 2.45) is 5.92 Å². The van der Waals surface area contributed by atoms with Crippen molar-refractivity contribution in [3.8, 4) is 17.2 Å². The maximum absolute atomic E-state index is 13.3. The molecule has 0 spiro atoms. The van der Waals surface area contributed by atoms with E-state index >= 15 is 0 Å². The highest BCUT2D eigenvalue weighted by Crippen LogP contribution is 2.44. The van der Waals surface area contributed by atoms with Crippen LogP contribution in [0.25, 0.3) is 5.76 Å². The number of anilines is 1. The van der Waals surface area contributed by atoms with Crippen molar-refractivity contribution in [2.75, 3.05) is 18.3 Å². The predicted octanol–water partition coefficient (Wildman–Crippen LogP) is 4.47. The number of Topliss-reactive ketones (excluding diaryl/α,β-unsaturated/α-hetero) is 1. The topological polar surface area (TPSA) is 98.2 Å². The van der Waals surface area contributed by atoms with Crippen molar-refractivity contribution in [2.45, 2.75) is 19.9 Å². The summed E-state index contributed by atoms with van der Waals surface area (Å²) in [6, 6.07) is 16.1. The zero-order chi connectivity index (χ0) is 24.5. The molecule has 1 unspecified atom stereocenters. The highest BCUT2D eigenvalue weighted by atomic mass is 16.7. The lowest BCUT2D eigenvalue weighted by molar-refractivity contribution is -0.132. The largest absolute Gasteiger partial charge is 0.507 e. The fraction of sp³-hybridized carbons (Fsp3) is 0.222. The molecule has 1 fully saturated rings. The summed E-state index contributed by atoms with van der Waals surface area (Å²) in [5.41, 5.74) is 1.24. The quantitative estimate of drug-likeness (QED) is 0.321. The van der Waals surface area contributed by atoms with Gasteiger partial charge in [0.05, 0.1) is 17.9 Å². The van der Waals surface area contributed by atoms with E-state index in [9.17, 15) is 14.7 Å². The third-order valence-corrected chi connectivity index (χ3v) is 5.76. The van der Waals surface area contributed by atoms with E-state index in [0.29, 0.717) is 46.7 Å². The monoisotopic (exact) mass is 472 g/mol. The Kier molecular flexibility index (Phi) is 5.86. The zero-order valence-corrected chi connectivity index (χ0v) is 19.3. The Morgan fingerprint density at radius 2 is 1.86 bits per heavy atom. The Labute approximate surface area is 202 Å². The lowest BCUT2D eigenvalue weighted by Crippen LogP contribution is -2.29. The first-order valence-corrected chi connectivity index (χ1v) is 11.3. The van der Waals surface area contributed by atoms with Gasteiger partial charge in [-0.05, 0) is 54.4 Å². The van der Waals surface area contributed by atoms with Crippen molar-refractivity contribution >= 4 is 23.1 Å². The predicted molar refractivity (Wildman–Crippen MR) is 128 cm³/mol. The van der Waals surface area contributed by atoms with Gasteiger partial charge in [-0.15, -0.1) is 0 Å². The number of fused-ring (bicyclic) bond motifs is 1. The van der Waals surface area contributed by atoms with Gasteiger partial charge in [0.25, 0.3) is 11.7 Å². The van der Waals surface area contributed by atoms with Crippen LogP contribution < -0.4 is 19.1 Å². The van der Waals surface area contributed by atoms with Gasteiger partial charge >= 0.3 is 0 Å². The molecule has 35 heavy (non-hydrogen) atoms. The van der Waals surface area contributed by atoms with Gasteiger partial charge in [-0.3, -0.25) is 19.5 Å². The molecule has 0 aliphatic carbocycles. The van der Waals surface area contributed by atoms with Crippen LogP contribution in [0.15, 0.2) is 72.4 Å². The lowest BCUT2D eigenvalue weighted by Gasteiger charge is -2.24. The fourth-order valence-electron chi connectivity index (χ4n) is 4.08. The van der Waals surface area contributed by atoms with Crippen molar-refractivity contribution < 1.29 is 28.9 Å². The molecule has 1 aromatic heterocycles. The van der Waals surface area contributed by atoms with Gasteiger partial charge < -0.3 is 19.3 Å². The molecule has 178 valence electrons. The van der Waals surface area contributed by atoms with Crippen LogP contribution in [-0.4, -0.2) is 35.2 Å². The van der Waals surface area contributed by atoms with Crippen molar-refractivity contribution in [3.63, 3.8) is 0 Å². The number of aromatic nitrogens is 1. The minimum Gasteiger partial charge on any atom is -0.507 e. The van der Waals surface area contributed by atoms with Crippen LogP contribution in [0.4, 0.5) is 5.69 Å². The molecule has 3 aromatic rings. The molecule has 1 saturated heterocycles. The van der Waals surface area contributed by atoms with Crippen molar-refractivity contribution in [3.05, 3.63) is 83.7 Å². The van der Waals surface area contributed by atoms with E-state index < -0.39 is 17.7 Å². The second-order valence-electron chi connectivity index (χ2n) is 8.69.